The quantitative estimate of drug-likeness (QED) is 0.383. The monoisotopic (exact) mass is 279 g/mol. The maximum absolute atomic E-state index is 9.40. The van der Waals surface area contributed by atoms with Crippen LogP contribution in [0, 0.1) is 0 Å². The molecule has 0 bridgehead atoms. The molecule has 0 saturated carbocycles. The molecule has 0 amide bonds. The molecule has 0 aromatic heterocycles. The van der Waals surface area contributed by atoms with Gasteiger partial charge in [-0.15, -0.1) is 0 Å². The lowest BCUT2D eigenvalue weighted by molar-refractivity contribution is 0.155. The molecule has 0 heterocycles. The molecule has 112 valence electrons. The van der Waals surface area contributed by atoms with Crippen molar-refractivity contribution in [3.63, 3.8) is 0 Å². The molecule has 1 aromatic carbocycles. The fourth-order valence-electron chi connectivity index (χ4n) is 1.75. The van der Waals surface area contributed by atoms with Gasteiger partial charge in [0.15, 0.2) is 5.96 Å². The Morgan fingerprint density at radius 1 is 1.30 bits per heavy atom. The molecule has 5 heteroatoms. The van der Waals surface area contributed by atoms with Crippen LogP contribution in [0.15, 0.2) is 29.3 Å². The van der Waals surface area contributed by atoms with E-state index in [0.29, 0.717) is 18.9 Å². The lowest BCUT2D eigenvalue weighted by atomic mass is 10.1. The van der Waals surface area contributed by atoms with Crippen molar-refractivity contribution in [3.05, 3.63) is 29.8 Å². The van der Waals surface area contributed by atoms with Crippen molar-refractivity contribution in [2.45, 2.75) is 20.3 Å². The van der Waals surface area contributed by atoms with Gasteiger partial charge in [0.05, 0.1) is 13.2 Å². The Hall–Kier alpha value is -1.75. The minimum atomic E-state index is 0.305. The average molecular weight is 279 g/mol. The summed E-state index contributed by atoms with van der Waals surface area (Å²) < 4.78 is 5.26. The SMILES string of the molecule is CCNC(=NCCOCC)NCCc1cccc(O)c1. The Morgan fingerprint density at radius 3 is 2.85 bits per heavy atom. The Kier molecular flexibility index (Phi) is 8.22. The summed E-state index contributed by atoms with van der Waals surface area (Å²) in [6.45, 7) is 7.61. The summed E-state index contributed by atoms with van der Waals surface area (Å²) in [6, 6.07) is 7.31. The van der Waals surface area contributed by atoms with Crippen molar-refractivity contribution in [1.82, 2.24) is 10.6 Å². The van der Waals surface area contributed by atoms with E-state index in [-0.39, 0.29) is 0 Å². The van der Waals surface area contributed by atoms with Crippen molar-refractivity contribution in [3.8, 4) is 5.75 Å². The summed E-state index contributed by atoms with van der Waals surface area (Å²) in [5.41, 5.74) is 1.10. The molecule has 0 unspecified atom stereocenters. The molecule has 0 radical (unpaired) electrons. The minimum absolute atomic E-state index is 0.305. The van der Waals surface area contributed by atoms with Gasteiger partial charge in [-0.25, -0.2) is 0 Å². The molecule has 5 nitrogen and oxygen atoms in total. The zero-order valence-electron chi connectivity index (χ0n) is 12.4. The highest BCUT2D eigenvalue weighted by Crippen LogP contribution is 2.10. The van der Waals surface area contributed by atoms with Crippen LogP contribution in [0.1, 0.15) is 19.4 Å². The first kappa shape index (κ1) is 16.3. The van der Waals surface area contributed by atoms with E-state index in [1.165, 1.54) is 0 Å². The Balaban J connectivity index is 2.34. The van der Waals surface area contributed by atoms with Crippen LogP contribution in [-0.2, 0) is 11.2 Å². The smallest absolute Gasteiger partial charge is 0.191 e. The van der Waals surface area contributed by atoms with Crippen LogP contribution in [0.2, 0.25) is 0 Å². The highest BCUT2D eigenvalue weighted by molar-refractivity contribution is 5.79. The van der Waals surface area contributed by atoms with Crippen LogP contribution >= 0.6 is 0 Å². The van der Waals surface area contributed by atoms with Crippen molar-refractivity contribution >= 4 is 5.96 Å². The highest BCUT2D eigenvalue weighted by atomic mass is 16.5. The van der Waals surface area contributed by atoms with E-state index in [2.05, 4.69) is 15.6 Å². The molecule has 0 atom stereocenters. The second-order valence-corrected chi connectivity index (χ2v) is 4.30. The largest absolute Gasteiger partial charge is 0.508 e. The fraction of sp³-hybridized carbons (Fsp3) is 0.533. The molecule has 20 heavy (non-hydrogen) atoms. The predicted octanol–water partition coefficient (Wildman–Crippen LogP) is 1.53. The van der Waals surface area contributed by atoms with Crippen molar-refractivity contribution in [1.29, 1.82) is 0 Å². The summed E-state index contributed by atoms with van der Waals surface area (Å²) in [5.74, 6) is 1.10. The lowest BCUT2D eigenvalue weighted by Crippen LogP contribution is -2.38. The van der Waals surface area contributed by atoms with Gasteiger partial charge >= 0.3 is 0 Å². The lowest BCUT2D eigenvalue weighted by Gasteiger charge is -2.11. The molecule has 1 rings (SSSR count). The van der Waals surface area contributed by atoms with E-state index in [1.54, 1.807) is 12.1 Å². The molecule has 0 saturated heterocycles. The first-order valence-electron chi connectivity index (χ1n) is 7.14. The van der Waals surface area contributed by atoms with Gasteiger partial charge in [0.25, 0.3) is 0 Å². The maximum Gasteiger partial charge on any atom is 0.191 e. The fourth-order valence-corrected chi connectivity index (χ4v) is 1.75. The number of guanidine groups is 1. The summed E-state index contributed by atoms with van der Waals surface area (Å²) in [4.78, 5) is 4.42. The van der Waals surface area contributed by atoms with E-state index in [1.807, 2.05) is 26.0 Å². The van der Waals surface area contributed by atoms with Crippen LogP contribution in [0.4, 0.5) is 0 Å². The van der Waals surface area contributed by atoms with Crippen LogP contribution < -0.4 is 10.6 Å². The molecular formula is C15H25N3O2. The van der Waals surface area contributed by atoms with Gasteiger partial charge in [0.1, 0.15) is 5.75 Å². The molecule has 3 N–H and O–H groups in total. The molecular weight excluding hydrogens is 254 g/mol. The van der Waals surface area contributed by atoms with Gasteiger partial charge in [-0.3, -0.25) is 4.99 Å². The van der Waals surface area contributed by atoms with E-state index >= 15 is 0 Å². The van der Waals surface area contributed by atoms with Crippen LogP contribution in [-0.4, -0.2) is 43.9 Å². The van der Waals surface area contributed by atoms with Gasteiger partial charge in [-0.1, -0.05) is 12.1 Å². The van der Waals surface area contributed by atoms with Gasteiger partial charge in [-0.05, 0) is 38.0 Å². The highest BCUT2D eigenvalue weighted by Gasteiger charge is 1.98. The van der Waals surface area contributed by atoms with E-state index < -0.39 is 0 Å². The predicted molar refractivity (Wildman–Crippen MR) is 82.3 cm³/mol. The number of rotatable bonds is 8. The summed E-state index contributed by atoms with van der Waals surface area (Å²) in [5, 5.41) is 15.9. The number of ether oxygens (including phenoxy) is 1. The van der Waals surface area contributed by atoms with Gasteiger partial charge < -0.3 is 20.5 Å². The first-order chi connectivity index (χ1) is 9.76. The third-order valence-corrected chi connectivity index (χ3v) is 2.67. The Labute approximate surface area is 121 Å². The van der Waals surface area contributed by atoms with Crippen LogP contribution in [0.3, 0.4) is 0 Å². The third kappa shape index (κ3) is 6.99. The van der Waals surface area contributed by atoms with Crippen LogP contribution in [0.25, 0.3) is 0 Å². The normalized spacial score (nSPS) is 11.4. The number of phenolic OH excluding ortho intramolecular Hbond substituents is 1. The Morgan fingerprint density at radius 2 is 2.15 bits per heavy atom. The number of nitrogens with zero attached hydrogens (tertiary/aromatic N) is 1. The molecule has 0 fully saturated rings. The zero-order chi connectivity index (χ0) is 14.6. The summed E-state index contributed by atoms with van der Waals surface area (Å²) in [6.07, 6.45) is 0.838. The second kappa shape index (κ2) is 10.1. The van der Waals surface area contributed by atoms with Crippen LogP contribution in [0.5, 0.6) is 5.75 Å². The van der Waals surface area contributed by atoms with Gasteiger partial charge in [-0.2, -0.15) is 0 Å². The standard InChI is InChI=1S/C15H25N3O2/c1-3-16-15(18-10-11-20-4-2)17-9-8-13-6-5-7-14(19)12-13/h5-7,12,19H,3-4,8-11H2,1-2H3,(H2,16,17,18). The Bertz CT molecular complexity index is 408. The number of hydrogen-bond acceptors (Lipinski definition) is 3. The average Bonchev–Trinajstić information content (AvgIpc) is 2.43. The number of phenols is 1. The first-order valence-corrected chi connectivity index (χ1v) is 7.14. The molecule has 0 spiro atoms. The number of nitrogens with one attached hydrogen (secondary N) is 2. The number of benzene rings is 1. The summed E-state index contributed by atoms with van der Waals surface area (Å²) >= 11 is 0. The zero-order valence-corrected chi connectivity index (χ0v) is 12.4. The van der Waals surface area contributed by atoms with E-state index in [9.17, 15) is 5.11 Å². The second-order valence-electron chi connectivity index (χ2n) is 4.30. The van der Waals surface area contributed by atoms with Crippen molar-refractivity contribution in [2.75, 3.05) is 32.8 Å². The number of hydrogen-bond donors (Lipinski definition) is 3. The third-order valence-electron chi connectivity index (χ3n) is 2.67. The summed E-state index contributed by atoms with van der Waals surface area (Å²) in [7, 11) is 0. The number of aromatic hydroxyl groups is 1. The maximum atomic E-state index is 9.40. The molecule has 1 aromatic rings. The van der Waals surface area contributed by atoms with Gasteiger partial charge in [0.2, 0.25) is 0 Å². The molecule has 0 aliphatic rings. The molecule has 0 aliphatic carbocycles. The van der Waals surface area contributed by atoms with Crippen molar-refractivity contribution < 1.29 is 9.84 Å². The van der Waals surface area contributed by atoms with E-state index in [4.69, 9.17) is 4.74 Å². The topological polar surface area (TPSA) is 65.9 Å². The van der Waals surface area contributed by atoms with Gasteiger partial charge in [0, 0.05) is 19.7 Å². The van der Waals surface area contributed by atoms with E-state index in [0.717, 1.165) is 37.6 Å². The van der Waals surface area contributed by atoms with Crippen molar-refractivity contribution in [2.24, 2.45) is 4.99 Å². The minimum Gasteiger partial charge on any atom is -0.508 e. The number of aliphatic imine (C=N–C) groups is 1. The molecule has 0 aliphatic heterocycles.